The number of hydrogen-bond acceptors (Lipinski definition) is 2. The van der Waals surface area contributed by atoms with E-state index in [0.29, 0.717) is 12.8 Å². The second-order valence-corrected chi connectivity index (χ2v) is 6.83. The molecule has 2 rings (SSSR count). The molecule has 0 saturated heterocycles. The minimum Gasteiger partial charge on any atom is -0.481 e. The predicted octanol–water partition coefficient (Wildman–Crippen LogP) is 3.37. The van der Waals surface area contributed by atoms with Gasteiger partial charge >= 0.3 is 5.97 Å². The summed E-state index contributed by atoms with van der Waals surface area (Å²) >= 11 is 3.41. The Morgan fingerprint density at radius 3 is 2.62 bits per heavy atom. The van der Waals surface area contributed by atoms with Crippen LogP contribution in [0.1, 0.15) is 38.3 Å². The molecule has 1 aliphatic rings. The van der Waals surface area contributed by atoms with E-state index < -0.39 is 17.8 Å². The normalized spacial score (nSPS) is 26.3. The smallest absolute Gasteiger partial charge is 0.307 e. The molecule has 0 aliphatic heterocycles. The van der Waals surface area contributed by atoms with E-state index in [9.17, 15) is 14.7 Å². The number of carboxylic acid groups (broad SMARTS) is 1. The van der Waals surface area contributed by atoms with Crippen molar-refractivity contribution in [2.75, 3.05) is 0 Å². The second-order valence-electron chi connectivity index (χ2n) is 5.91. The van der Waals surface area contributed by atoms with Gasteiger partial charge in [-0.05, 0) is 43.4 Å². The van der Waals surface area contributed by atoms with Gasteiger partial charge in [0.1, 0.15) is 0 Å². The monoisotopic (exact) mass is 353 g/mol. The lowest BCUT2D eigenvalue weighted by Gasteiger charge is -2.20. The number of nitrogens with one attached hydrogen (secondary N) is 1. The van der Waals surface area contributed by atoms with Crippen LogP contribution in [0.3, 0.4) is 0 Å². The Kier molecular flexibility index (Phi) is 5.04. The van der Waals surface area contributed by atoms with Crippen molar-refractivity contribution in [3.05, 3.63) is 34.3 Å². The molecule has 1 aliphatic carbocycles. The maximum absolute atomic E-state index is 12.4. The van der Waals surface area contributed by atoms with Crippen LogP contribution >= 0.6 is 15.9 Å². The SMILES string of the molecule is CC1C[C@H](C(=O)N[C@H](C)c2cccc(Br)c2)[C@H](C(=O)O)C1. The molecule has 114 valence electrons. The molecular weight excluding hydrogens is 334 g/mol. The largest absolute Gasteiger partial charge is 0.481 e. The number of carbonyl (C=O) groups excluding carboxylic acids is 1. The zero-order valence-electron chi connectivity index (χ0n) is 12.2. The van der Waals surface area contributed by atoms with Gasteiger partial charge in [0.05, 0.1) is 17.9 Å². The van der Waals surface area contributed by atoms with Crippen LogP contribution in [0, 0.1) is 17.8 Å². The highest BCUT2D eigenvalue weighted by atomic mass is 79.9. The summed E-state index contributed by atoms with van der Waals surface area (Å²) in [4.78, 5) is 23.7. The third-order valence-corrected chi connectivity index (χ3v) is 4.65. The van der Waals surface area contributed by atoms with Crippen LogP contribution in [0.25, 0.3) is 0 Å². The minimum absolute atomic E-state index is 0.139. The summed E-state index contributed by atoms with van der Waals surface area (Å²) in [6.45, 7) is 3.91. The highest BCUT2D eigenvalue weighted by Crippen LogP contribution is 2.37. The number of rotatable bonds is 4. The van der Waals surface area contributed by atoms with Crippen molar-refractivity contribution in [1.29, 1.82) is 0 Å². The van der Waals surface area contributed by atoms with E-state index in [1.807, 2.05) is 38.1 Å². The summed E-state index contributed by atoms with van der Waals surface area (Å²) in [6, 6.07) is 7.61. The fraction of sp³-hybridized carbons (Fsp3) is 0.500. The van der Waals surface area contributed by atoms with Crippen LogP contribution in [0.5, 0.6) is 0 Å². The summed E-state index contributed by atoms with van der Waals surface area (Å²) in [7, 11) is 0. The molecule has 0 spiro atoms. The van der Waals surface area contributed by atoms with E-state index in [1.54, 1.807) is 0 Å². The molecule has 1 saturated carbocycles. The number of halogens is 1. The molecule has 0 heterocycles. The molecule has 4 atom stereocenters. The molecule has 1 amide bonds. The van der Waals surface area contributed by atoms with Crippen molar-refractivity contribution in [2.24, 2.45) is 17.8 Å². The number of carbonyl (C=O) groups is 2. The van der Waals surface area contributed by atoms with E-state index in [1.165, 1.54) is 0 Å². The van der Waals surface area contributed by atoms with Crippen LogP contribution in [0.4, 0.5) is 0 Å². The molecule has 4 nitrogen and oxygen atoms in total. The summed E-state index contributed by atoms with van der Waals surface area (Å²) < 4.78 is 0.957. The Balaban J connectivity index is 2.05. The third-order valence-electron chi connectivity index (χ3n) is 4.16. The van der Waals surface area contributed by atoms with Gasteiger partial charge in [0.25, 0.3) is 0 Å². The van der Waals surface area contributed by atoms with Gasteiger partial charge in [0.2, 0.25) is 5.91 Å². The van der Waals surface area contributed by atoms with Crippen LogP contribution in [-0.2, 0) is 9.59 Å². The van der Waals surface area contributed by atoms with E-state index in [4.69, 9.17) is 0 Å². The van der Waals surface area contributed by atoms with Gasteiger partial charge in [-0.1, -0.05) is 35.0 Å². The van der Waals surface area contributed by atoms with E-state index in [2.05, 4.69) is 21.2 Å². The summed E-state index contributed by atoms with van der Waals surface area (Å²) in [5.41, 5.74) is 0.996. The van der Waals surface area contributed by atoms with Crippen molar-refractivity contribution in [3.8, 4) is 0 Å². The highest BCUT2D eigenvalue weighted by Gasteiger charge is 2.41. The molecule has 0 bridgehead atoms. The standard InChI is InChI=1S/C16H20BrNO3/c1-9-6-13(14(7-9)16(20)21)15(19)18-10(2)11-4-3-5-12(17)8-11/h3-5,8-10,13-14H,6-7H2,1-2H3,(H,18,19)(H,20,21)/t9?,10-,13+,14-/m1/s1. The predicted molar refractivity (Wildman–Crippen MR) is 83.7 cm³/mol. The lowest BCUT2D eigenvalue weighted by molar-refractivity contribution is -0.146. The maximum atomic E-state index is 12.4. The second kappa shape index (κ2) is 6.60. The Morgan fingerprint density at radius 1 is 1.33 bits per heavy atom. The van der Waals surface area contributed by atoms with Crippen LogP contribution in [0.15, 0.2) is 28.7 Å². The van der Waals surface area contributed by atoms with E-state index in [-0.39, 0.29) is 17.9 Å². The Morgan fingerprint density at radius 2 is 2.00 bits per heavy atom. The number of hydrogen-bond donors (Lipinski definition) is 2. The van der Waals surface area contributed by atoms with Gasteiger partial charge < -0.3 is 10.4 Å². The molecule has 0 radical (unpaired) electrons. The molecule has 1 unspecified atom stereocenters. The summed E-state index contributed by atoms with van der Waals surface area (Å²) in [6.07, 6.45) is 1.23. The Hall–Kier alpha value is -1.36. The first kappa shape index (κ1) is 16.0. The lowest BCUT2D eigenvalue weighted by Crippen LogP contribution is -2.36. The molecule has 5 heteroatoms. The van der Waals surface area contributed by atoms with E-state index in [0.717, 1.165) is 10.0 Å². The van der Waals surface area contributed by atoms with Gasteiger partial charge in [-0.15, -0.1) is 0 Å². The average Bonchev–Trinajstić information content (AvgIpc) is 2.81. The highest BCUT2D eigenvalue weighted by molar-refractivity contribution is 9.10. The molecule has 21 heavy (non-hydrogen) atoms. The minimum atomic E-state index is -0.866. The van der Waals surface area contributed by atoms with Crippen LogP contribution in [0.2, 0.25) is 0 Å². The van der Waals surface area contributed by atoms with Crippen LogP contribution in [-0.4, -0.2) is 17.0 Å². The van der Waals surface area contributed by atoms with Gasteiger partial charge in [-0.3, -0.25) is 9.59 Å². The van der Waals surface area contributed by atoms with Crippen molar-refractivity contribution in [2.45, 2.75) is 32.7 Å². The van der Waals surface area contributed by atoms with Crippen molar-refractivity contribution in [1.82, 2.24) is 5.32 Å². The first-order valence-electron chi connectivity index (χ1n) is 7.17. The number of carboxylic acids is 1. The average molecular weight is 354 g/mol. The molecule has 2 N–H and O–H groups in total. The van der Waals surface area contributed by atoms with Gasteiger partial charge in [0, 0.05) is 4.47 Å². The van der Waals surface area contributed by atoms with E-state index >= 15 is 0 Å². The summed E-state index contributed by atoms with van der Waals surface area (Å²) in [5.74, 6) is -1.72. The Labute approximate surface area is 133 Å². The van der Waals surface area contributed by atoms with Gasteiger partial charge in [0.15, 0.2) is 0 Å². The zero-order chi connectivity index (χ0) is 15.6. The topological polar surface area (TPSA) is 66.4 Å². The first-order chi connectivity index (χ1) is 9.88. The quantitative estimate of drug-likeness (QED) is 0.871. The maximum Gasteiger partial charge on any atom is 0.307 e. The van der Waals surface area contributed by atoms with Gasteiger partial charge in [-0.25, -0.2) is 0 Å². The number of aliphatic carboxylic acids is 1. The molecule has 1 aromatic rings. The number of benzene rings is 1. The molecule has 0 aromatic heterocycles. The third kappa shape index (κ3) is 3.84. The van der Waals surface area contributed by atoms with Crippen molar-refractivity contribution in [3.63, 3.8) is 0 Å². The Bertz CT molecular complexity index is 546. The molecule has 1 aromatic carbocycles. The zero-order valence-corrected chi connectivity index (χ0v) is 13.8. The fourth-order valence-electron chi connectivity index (χ4n) is 3.03. The summed E-state index contributed by atoms with van der Waals surface area (Å²) in [5, 5.41) is 12.2. The molecular formula is C16H20BrNO3. The first-order valence-corrected chi connectivity index (χ1v) is 7.96. The van der Waals surface area contributed by atoms with Crippen LogP contribution < -0.4 is 5.32 Å². The fourth-order valence-corrected chi connectivity index (χ4v) is 3.45. The van der Waals surface area contributed by atoms with Crippen molar-refractivity contribution < 1.29 is 14.7 Å². The van der Waals surface area contributed by atoms with Gasteiger partial charge in [-0.2, -0.15) is 0 Å². The van der Waals surface area contributed by atoms with Crippen molar-refractivity contribution >= 4 is 27.8 Å². The molecule has 1 fully saturated rings. The lowest BCUT2D eigenvalue weighted by atomic mass is 9.94. The number of amides is 1.